The van der Waals surface area contributed by atoms with Gasteiger partial charge in [-0.15, -0.1) is 0 Å². The molecule has 0 atom stereocenters. The molecule has 4 aromatic carbocycles. The van der Waals surface area contributed by atoms with E-state index >= 15 is 0 Å². The molecule has 0 unspecified atom stereocenters. The van der Waals surface area contributed by atoms with Gasteiger partial charge >= 0.3 is 0 Å². The maximum absolute atomic E-state index is 3.99. The van der Waals surface area contributed by atoms with E-state index in [0.29, 0.717) is 0 Å². The molecule has 1 spiro atoms. The Bertz CT molecular complexity index is 1380. The highest BCUT2D eigenvalue weighted by atomic mass is 79.9. The number of fused-ring (bicyclic) bond motifs is 10. The Hall–Kier alpha value is -2.64. The average Bonchev–Trinajstić information content (AvgIpc) is 3.19. The SMILES string of the molecule is Cc1ccc2c(c1)C1(c3cc(C)ccc3-2)c2cc(C(C)(C)C)ccc2-c2cccc(Br)c21. The lowest BCUT2D eigenvalue weighted by atomic mass is 9.69. The Morgan fingerprint density at radius 1 is 0.625 bits per heavy atom. The molecule has 0 fully saturated rings. The van der Waals surface area contributed by atoms with E-state index in [9.17, 15) is 0 Å². The Balaban J connectivity index is 1.86. The molecule has 0 radical (unpaired) electrons. The fraction of sp³-hybridized carbons (Fsp3) is 0.226. The van der Waals surface area contributed by atoms with Crippen LogP contribution in [-0.4, -0.2) is 0 Å². The summed E-state index contributed by atoms with van der Waals surface area (Å²) in [5.74, 6) is 0. The van der Waals surface area contributed by atoms with E-state index in [2.05, 4.69) is 123 Å². The van der Waals surface area contributed by atoms with Crippen molar-refractivity contribution in [3.8, 4) is 22.3 Å². The molecule has 1 heteroatoms. The third-order valence-corrected chi connectivity index (χ3v) is 8.08. The largest absolute Gasteiger partial charge is 0.0736 e. The van der Waals surface area contributed by atoms with Crippen LogP contribution in [0.3, 0.4) is 0 Å². The van der Waals surface area contributed by atoms with Crippen molar-refractivity contribution in [1.29, 1.82) is 0 Å². The highest BCUT2D eigenvalue weighted by Gasteiger charge is 2.52. The highest BCUT2D eigenvalue weighted by Crippen LogP contribution is 2.64. The molecule has 0 bridgehead atoms. The summed E-state index contributed by atoms with van der Waals surface area (Å²) in [4.78, 5) is 0. The molecule has 158 valence electrons. The maximum Gasteiger partial charge on any atom is 0.0736 e. The number of hydrogen-bond donors (Lipinski definition) is 0. The molecule has 6 rings (SSSR count). The molecule has 0 amide bonds. The van der Waals surface area contributed by atoms with Crippen LogP contribution in [0.25, 0.3) is 22.3 Å². The first-order chi connectivity index (χ1) is 15.2. The molecular formula is C31H27Br. The number of halogens is 1. The van der Waals surface area contributed by atoms with E-state index in [4.69, 9.17) is 0 Å². The molecule has 0 heterocycles. The summed E-state index contributed by atoms with van der Waals surface area (Å²) >= 11 is 3.99. The van der Waals surface area contributed by atoms with Gasteiger partial charge in [0.15, 0.2) is 0 Å². The quantitative estimate of drug-likeness (QED) is 0.204. The number of hydrogen-bond acceptors (Lipinski definition) is 0. The predicted molar refractivity (Wildman–Crippen MR) is 139 cm³/mol. The van der Waals surface area contributed by atoms with Gasteiger partial charge in [0.2, 0.25) is 0 Å². The van der Waals surface area contributed by atoms with Gasteiger partial charge in [0.25, 0.3) is 0 Å². The third-order valence-electron chi connectivity index (χ3n) is 7.42. The van der Waals surface area contributed by atoms with Gasteiger partial charge in [-0.25, -0.2) is 0 Å². The van der Waals surface area contributed by atoms with Crippen LogP contribution in [-0.2, 0) is 10.8 Å². The summed E-state index contributed by atoms with van der Waals surface area (Å²) < 4.78 is 1.19. The van der Waals surface area contributed by atoms with Gasteiger partial charge < -0.3 is 0 Å². The normalized spacial score (nSPS) is 14.8. The minimum Gasteiger partial charge on any atom is -0.0605 e. The molecule has 4 aromatic rings. The second-order valence-electron chi connectivity index (χ2n) is 10.5. The number of benzene rings is 4. The van der Waals surface area contributed by atoms with E-state index in [1.165, 1.54) is 65.7 Å². The third kappa shape index (κ3) is 2.43. The molecule has 2 aliphatic rings. The van der Waals surface area contributed by atoms with E-state index in [1.54, 1.807) is 0 Å². The zero-order valence-corrected chi connectivity index (χ0v) is 20.9. The molecule has 0 aliphatic heterocycles. The Morgan fingerprint density at radius 2 is 1.16 bits per heavy atom. The molecule has 32 heavy (non-hydrogen) atoms. The monoisotopic (exact) mass is 478 g/mol. The van der Waals surface area contributed by atoms with Crippen LogP contribution in [0.5, 0.6) is 0 Å². The maximum atomic E-state index is 3.99. The molecule has 0 saturated carbocycles. The fourth-order valence-electron chi connectivity index (χ4n) is 5.93. The van der Waals surface area contributed by atoms with Crippen molar-refractivity contribution < 1.29 is 0 Å². The highest BCUT2D eigenvalue weighted by molar-refractivity contribution is 9.10. The van der Waals surface area contributed by atoms with Gasteiger partial charge in [-0.2, -0.15) is 0 Å². The van der Waals surface area contributed by atoms with Crippen LogP contribution < -0.4 is 0 Å². The van der Waals surface area contributed by atoms with Crippen LogP contribution in [0, 0.1) is 13.8 Å². The van der Waals surface area contributed by atoms with Crippen molar-refractivity contribution in [2.45, 2.75) is 45.4 Å². The second kappa shape index (κ2) is 6.45. The molecule has 0 aromatic heterocycles. The second-order valence-corrected chi connectivity index (χ2v) is 11.4. The fourth-order valence-corrected chi connectivity index (χ4v) is 6.59. The Kier molecular flexibility index (Phi) is 4.03. The van der Waals surface area contributed by atoms with Gasteiger partial charge in [-0.1, -0.05) is 115 Å². The van der Waals surface area contributed by atoms with Crippen LogP contribution in [0.4, 0.5) is 0 Å². The van der Waals surface area contributed by atoms with Crippen molar-refractivity contribution in [3.63, 3.8) is 0 Å². The predicted octanol–water partition coefficient (Wildman–Crippen LogP) is 8.71. The van der Waals surface area contributed by atoms with Gasteiger partial charge in [0.1, 0.15) is 0 Å². The molecule has 0 nitrogen and oxygen atoms in total. The first kappa shape index (κ1) is 20.0. The first-order valence-corrected chi connectivity index (χ1v) is 12.2. The van der Waals surface area contributed by atoms with E-state index in [1.807, 2.05) is 0 Å². The lowest BCUT2D eigenvalue weighted by Crippen LogP contribution is -2.27. The molecule has 2 aliphatic carbocycles. The van der Waals surface area contributed by atoms with Crippen LogP contribution in [0.2, 0.25) is 0 Å². The van der Waals surface area contributed by atoms with Crippen LogP contribution in [0.1, 0.15) is 59.7 Å². The summed E-state index contributed by atoms with van der Waals surface area (Å²) in [6.45, 7) is 11.4. The Morgan fingerprint density at radius 3 is 1.75 bits per heavy atom. The summed E-state index contributed by atoms with van der Waals surface area (Å²) in [6.07, 6.45) is 0. The average molecular weight is 479 g/mol. The lowest BCUT2D eigenvalue weighted by Gasteiger charge is -2.32. The van der Waals surface area contributed by atoms with Crippen molar-refractivity contribution in [2.75, 3.05) is 0 Å². The van der Waals surface area contributed by atoms with Crippen molar-refractivity contribution in [2.24, 2.45) is 0 Å². The molecule has 0 N–H and O–H groups in total. The van der Waals surface area contributed by atoms with Gasteiger partial charge in [-0.3, -0.25) is 0 Å². The lowest BCUT2D eigenvalue weighted by molar-refractivity contribution is 0.588. The summed E-state index contributed by atoms with van der Waals surface area (Å²) in [5, 5.41) is 0. The van der Waals surface area contributed by atoms with Crippen LogP contribution in [0.15, 0.2) is 77.3 Å². The number of aryl methyl sites for hydroxylation is 2. The summed E-state index contributed by atoms with van der Waals surface area (Å²) in [6, 6.07) is 27.9. The van der Waals surface area contributed by atoms with E-state index in [0.717, 1.165) is 0 Å². The molecular weight excluding hydrogens is 452 g/mol. The van der Waals surface area contributed by atoms with E-state index < -0.39 is 0 Å². The minimum atomic E-state index is -0.297. The zero-order chi connectivity index (χ0) is 22.4. The topological polar surface area (TPSA) is 0 Å². The standard InChI is InChI=1S/C31H27Br/c1-18-9-12-21-22-13-10-19(2)16-26(22)31(25(21)15-18)27-17-20(30(3,4)5)11-14-23(27)24-7-6-8-28(32)29(24)31/h6-17H,1-5H3. The summed E-state index contributed by atoms with van der Waals surface area (Å²) in [5.41, 5.74) is 14.8. The van der Waals surface area contributed by atoms with Gasteiger partial charge in [0, 0.05) is 4.47 Å². The zero-order valence-electron chi connectivity index (χ0n) is 19.3. The van der Waals surface area contributed by atoms with Crippen molar-refractivity contribution >= 4 is 15.9 Å². The first-order valence-electron chi connectivity index (χ1n) is 11.4. The van der Waals surface area contributed by atoms with Crippen molar-refractivity contribution in [3.05, 3.63) is 116 Å². The van der Waals surface area contributed by atoms with Gasteiger partial charge in [0.05, 0.1) is 5.41 Å². The van der Waals surface area contributed by atoms with Crippen molar-refractivity contribution in [1.82, 2.24) is 0 Å². The van der Waals surface area contributed by atoms with Gasteiger partial charge in [-0.05, 0) is 75.4 Å². The summed E-state index contributed by atoms with van der Waals surface area (Å²) in [7, 11) is 0. The Labute approximate surface area is 199 Å². The minimum absolute atomic E-state index is 0.0890. The van der Waals surface area contributed by atoms with E-state index in [-0.39, 0.29) is 10.8 Å². The molecule has 0 saturated heterocycles. The smallest absolute Gasteiger partial charge is 0.0605 e. The number of rotatable bonds is 0. The van der Waals surface area contributed by atoms with Crippen LogP contribution >= 0.6 is 15.9 Å².